The van der Waals surface area contributed by atoms with Gasteiger partial charge in [-0.1, -0.05) is 25.0 Å². The van der Waals surface area contributed by atoms with Gasteiger partial charge in [-0.25, -0.2) is 4.99 Å². The maximum absolute atomic E-state index is 11.1. The van der Waals surface area contributed by atoms with Gasteiger partial charge in [0.2, 0.25) is 5.91 Å². The fourth-order valence-electron chi connectivity index (χ4n) is 3.25. The zero-order chi connectivity index (χ0) is 16.3. The summed E-state index contributed by atoms with van der Waals surface area (Å²) in [5.74, 6) is 0.0621. The molecule has 126 valence electrons. The molecule has 0 fully saturated rings. The van der Waals surface area contributed by atoms with Crippen molar-refractivity contribution in [1.29, 1.82) is 0 Å². The van der Waals surface area contributed by atoms with E-state index in [9.17, 15) is 4.79 Å². The van der Waals surface area contributed by atoms with Gasteiger partial charge in [-0.05, 0) is 33.1 Å². The SMILES string of the molecule is C/C=C/CCCCCCC1N=CC[N+]1(CC)CCNC(C)=O. The molecule has 1 aliphatic heterocycles. The van der Waals surface area contributed by atoms with Crippen LogP contribution in [0, 0.1) is 0 Å². The number of quaternary nitrogens is 1. The van der Waals surface area contributed by atoms with Crippen LogP contribution in [0.25, 0.3) is 0 Å². The molecule has 0 aromatic carbocycles. The molecule has 0 bridgehead atoms. The van der Waals surface area contributed by atoms with Crippen molar-refractivity contribution in [2.45, 2.75) is 65.5 Å². The molecule has 1 N–H and O–H groups in total. The maximum Gasteiger partial charge on any atom is 0.217 e. The molecule has 2 unspecified atom stereocenters. The summed E-state index contributed by atoms with van der Waals surface area (Å²) in [5.41, 5.74) is 0. The van der Waals surface area contributed by atoms with E-state index in [0.717, 1.165) is 30.7 Å². The highest BCUT2D eigenvalue weighted by atomic mass is 16.1. The van der Waals surface area contributed by atoms with Crippen LogP contribution in [0.1, 0.15) is 59.3 Å². The van der Waals surface area contributed by atoms with Crippen LogP contribution in [0.4, 0.5) is 0 Å². The highest BCUT2D eigenvalue weighted by molar-refractivity contribution is 5.72. The van der Waals surface area contributed by atoms with E-state index in [1.165, 1.54) is 38.5 Å². The third-order valence-electron chi connectivity index (χ3n) is 4.73. The highest BCUT2D eigenvalue weighted by Crippen LogP contribution is 2.23. The van der Waals surface area contributed by atoms with Crippen molar-refractivity contribution in [3.63, 3.8) is 0 Å². The molecular weight excluding hydrogens is 274 g/mol. The van der Waals surface area contributed by atoms with Gasteiger partial charge in [0.05, 0.1) is 25.8 Å². The number of unbranched alkanes of at least 4 members (excludes halogenated alkanes) is 4. The number of hydrogen-bond donors (Lipinski definition) is 1. The number of likely N-dealkylation sites (N-methyl/N-ethyl adjacent to an activating group) is 1. The van der Waals surface area contributed by atoms with Gasteiger partial charge in [-0.15, -0.1) is 0 Å². The molecule has 0 saturated carbocycles. The minimum Gasteiger partial charge on any atom is -0.351 e. The Morgan fingerprint density at radius 3 is 2.82 bits per heavy atom. The Morgan fingerprint density at radius 1 is 1.36 bits per heavy atom. The first-order valence-electron chi connectivity index (χ1n) is 8.87. The van der Waals surface area contributed by atoms with Gasteiger partial charge >= 0.3 is 0 Å². The van der Waals surface area contributed by atoms with Gasteiger partial charge < -0.3 is 5.32 Å². The average molecular weight is 308 g/mol. The summed E-state index contributed by atoms with van der Waals surface area (Å²) in [4.78, 5) is 15.8. The Morgan fingerprint density at radius 2 is 2.14 bits per heavy atom. The zero-order valence-corrected chi connectivity index (χ0v) is 14.7. The van der Waals surface area contributed by atoms with Crippen LogP contribution in [0.2, 0.25) is 0 Å². The quantitative estimate of drug-likeness (QED) is 0.355. The van der Waals surface area contributed by atoms with E-state index in [-0.39, 0.29) is 5.91 Å². The molecule has 1 heterocycles. The average Bonchev–Trinajstić information content (AvgIpc) is 2.89. The second kappa shape index (κ2) is 10.5. The van der Waals surface area contributed by atoms with Crippen molar-refractivity contribution < 1.29 is 9.28 Å². The predicted octanol–water partition coefficient (Wildman–Crippen LogP) is 3.29. The monoisotopic (exact) mass is 308 g/mol. The van der Waals surface area contributed by atoms with Crippen LogP contribution in [0.3, 0.4) is 0 Å². The number of allylic oxidation sites excluding steroid dienone is 2. The van der Waals surface area contributed by atoms with Gasteiger partial charge in [0.1, 0.15) is 6.54 Å². The Kier molecular flexibility index (Phi) is 9.05. The highest BCUT2D eigenvalue weighted by Gasteiger charge is 2.37. The van der Waals surface area contributed by atoms with Gasteiger partial charge in [-0.2, -0.15) is 0 Å². The van der Waals surface area contributed by atoms with E-state index < -0.39 is 0 Å². The van der Waals surface area contributed by atoms with Crippen molar-refractivity contribution in [2.24, 2.45) is 4.99 Å². The molecule has 1 aliphatic rings. The third-order valence-corrected chi connectivity index (χ3v) is 4.73. The lowest BCUT2D eigenvalue weighted by atomic mass is 10.1. The molecule has 4 heteroatoms. The maximum atomic E-state index is 11.1. The van der Waals surface area contributed by atoms with E-state index in [1.807, 2.05) is 0 Å². The summed E-state index contributed by atoms with van der Waals surface area (Å²) < 4.78 is 1.01. The molecule has 0 aromatic rings. The lowest BCUT2D eigenvalue weighted by molar-refractivity contribution is -0.935. The van der Waals surface area contributed by atoms with Crippen LogP contribution in [0.15, 0.2) is 17.1 Å². The van der Waals surface area contributed by atoms with Gasteiger partial charge in [0, 0.05) is 13.3 Å². The standard InChI is InChI=1S/C18H33N3O/c1-4-6-7-8-9-10-11-12-18-20-14-16-21(18,5-2)15-13-19-17(3)22/h4,6,14,18H,5,7-13,15-16H2,1-3H3/p+1/b6-4+. The van der Waals surface area contributed by atoms with Crippen LogP contribution >= 0.6 is 0 Å². The summed E-state index contributed by atoms with van der Waals surface area (Å²) in [7, 11) is 0. The molecule has 1 amide bonds. The Bertz CT molecular complexity index is 379. The number of hydrogen-bond acceptors (Lipinski definition) is 2. The molecule has 0 saturated heterocycles. The predicted molar refractivity (Wildman–Crippen MR) is 94.0 cm³/mol. The number of rotatable bonds is 11. The minimum absolute atomic E-state index is 0.0621. The van der Waals surface area contributed by atoms with Crippen molar-refractivity contribution in [3.05, 3.63) is 12.2 Å². The van der Waals surface area contributed by atoms with Crippen molar-refractivity contribution in [2.75, 3.05) is 26.2 Å². The zero-order valence-electron chi connectivity index (χ0n) is 14.7. The number of carbonyl (C=O) groups excluding carboxylic acids is 1. The first-order valence-corrected chi connectivity index (χ1v) is 8.87. The smallest absolute Gasteiger partial charge is 0.217 e. The second-order valence-corrected chi connectivity index (χ2v) is 6.30. The van der Waals surface area contributed by atoms with Crippen molar-refractivity contribution in [1.82, 2.24) is 5.32 Å². The van der Waals surface area contributed by atoms with Crippen LogP contribution in [-0.2, 0) is 4.79 Å². The van der Waals surface area contributed by atoms with E-state index >= 15 is 0 Å². The second-order valence-electron chi connectivity index (χ2n) is 6.30. The first-order chi connectivity index (χ1) is 10.6. The lowest BCUT2D eigenvalue weighted by Gasteiger charge is -2.38. The summed E-state index contributed by atoms with van der Waals surface area (Å²) >= 11 is 0. The molecule has 0 aromatic heterocycles. The number of carbonyl (C=O) groups is 1. The largest absolute Gasteiger partial charge is 0.351 e. The van der Waals surface area contributed by atoms with Crippen LogP contribution in [0.5, 0.6) is 0 Å². The van der Waals surface area contributed by atoms with Gasteiger partial charge in [0.25, 0.3) is 0 Å². The number of nitrogens with zero attached hydrogens (tertiary/aromatic N) is 2. The van der Waals surface area contributed by atoms with Crippen LogP contribution in [-0.4, -0.2) is 48.9 Å². The van der Waals surface area contributed by atoms with Gasteiger partial charge in [0.15, 0.2) is 6.17 Å². The van der Waals surface area contributed by atoms with Crippen molar-refractivity contribution in [3.8, 4) is 0 Å². The molecule has 1 rings (SSSR count). The molecule has 4 nitrogen and oxygen atoms in total. The molecule has 2 atom stereocenters. The number of aliphatic imine (C=N–C) groups is 1. The van der Waals surface area contributed by atoms with E-state index in [1.54, 1.807) is 6.92 Å². The molecule has 0 aliphatic carbocycles. The van der Waals surface area contributed by atoms with Crippen molar-refractivity contribution >= 4 is 12.1 Å². The van der Waals surface area contributed by atoms with E-state index in [4.69, 9.17) is 4.99 Å². The lowest BCUT2D eigenvalue weighted by Crippen LogP contribution is -2.55. The number of nitrogens with one attached hydrogen (secondary N) is 1. The fourth-order valence-corrected chi connectivity index (χ4v) is 3.25. The third kappa shape index (κ3) is 6.30. The Labute approximate surface area is 136 Å². The molecular formula is C18H34N3O+. The summed E-state index contributed by atoms with van der Waals surface area (Å²) in [6.07, 6.45) is 14.4. The normalized spacial score (nSPS) is 24.2. The molecule has 0 spiro atoms. The van der Waals surface area contributed by atoms with Crippen LogP contribution < -0.4 is 5.32 Å². The topological polar surface area (TPSA) is 41.5 Å². The fraction of sp³-hybridized carbons (Fsp3) is 0.778. The summed E-state index contributed by atoms with van der Waals surface area (Å²) in [6, 6.07) is 0. The summed E-state index contributed by atoms with van der Waals surface area (Å²) in [5, 5.41) is 2.93. The van der Waals surface area contributed by atoms with E-state index in [2.05, 4.69) is 37.5 Å². The molecule has 22 heavy (non-hydrogen) atoms. The Balaban J connectivity index is 2.30. The number of amides is 1. The molecule has 0 radical (unpaired) electrons. The first kappa shape index (κ1) is 18.9. The van der Waals surface area contributed by atoms with Gasteiger partial charge in [-0.3, -0.25) is 9.28 Å². The minimum atomic E-state index is 0.0621. The summed E-state index contributed by atoms with van der Waals surface area (Å²) in [6.45, 7) is 9.76. The van der Waals surface area contributed by atoms with E-state index in [0.29, 0.717) is 6.17 Å². The Hall–Kier alpha value is -1.16.